The minimum absolute atomic E-state index is 0.418. The highest BCUT2D eigenvalue weighted by molar-refractivity contribution is 6.30. The molecular formula is C14H15ClN2O. The molecule has 1 atom stereocenters. The second-order valence-corrected chi connectivity index (χ2v) is 5.15. The normalized spacial score (nSPS) is 18.7. The molecule has 4 heteroatoms. The maximum atomic E-state index is 10.1. The lowest BCUT2D eigenvalue weighted by atomic mass is 10.1. The van der Waals surface area contributed by atoms with Gasteiger partial charge in [0.1, 0.15) is 12.1 Å². The van der Waals surface area contributed by atoms with Crippen molar-refractivity contribution in [2.75, 3.05) is 0 Å². The first-order valence-electron chi connectivity index (χ1n) is 6.21. The largest absolute Gasteiger partial charge is 0.373 e. The first-order valence-corrected chi connectivity index (χ1v) is 6.59. The van der Waals surface area contributed by atoms with Crippen molar-refractivity contribution in [3.8, 4) is 0 Å². The maximum absolute atomic E-state index is 10.1. The van der Waals surface area contributed by atoms with Gasteiger partial charge in [-0.15, -0.1) is 0 Å². The van der Waals surface area contributed by atoms with Gasteiger partial charge in [0.05, 0.1) is 0 Å². The Kier molecular flexibility index (Phi) is 3.10. The van der Waals surface area contributed by atoms with Gasteiger partial charge < -0.3 is 9.67 Å². The third-order valence-electron chi connectivity index (χ3n) is 3.42. The zero-order valence-electron chi connectivity index (χ0n) is 10.0. The Morgan fingerprint density at radius 1 is 1.33 bits per heavy atom. The van der Waals surface area contributed by atoms with Gasteiger partial charge in [0.15, 0.2) is 0 Å². The summed E-state index contributed by atoms with van der Waals surface area (Å²) in [5, 5.41) is 10.8. The minimum atomic E-state index is -0.418. The van der Waals surface area contributed by atoms with E-state index in [2.05, 4.69) is 4.98 Å². The van der Waals surface area contributed by atoms with Gasteiger partial charge in [-0.25, -0.2) is 4.98 Å². The van der Waals surface area contributed by atoms with Crippen molar-refractivity contribution in [2.24, 2.45) is 0 Å². The number of rotatable bonds is 2. The number of aliphatic hydroxyl groups is 1. The van der Waals surface area contributed by atoms with Crippen LogP contribution in [0.1, 0.15) is 36.2 Å². The smallest absolute Gasteiger partial charge is 0.132 e. The highest BCUT2D eigenvalue weighted by Gasteiger charge is 2.20. The molecule has 0 fully saturated rings. The summed E-state index contributed by atoms with van der Waals surface area (Å²) in [4.78, 5) is 4.44. The first-order chi connectivity index (χ1) is 8.74. The number of nitrogens with zero attached hydrogens (tertiary/aromatic N) is 2. The zero-order chi connectivity index (χ0) is 12.5. The lowest BCUT2D eigenvalue weighted by Crippen LogP contribution is -2.19. The van der Waals surface area contributed by atoms with Crippen LogP contribution in [0.5, 0.6) is 0 Å². The number of imidazole rings is 1. The number of fused-ring (bicyclic) bond motifs is 1. The summed E-state index contributed by atoms with van der Waals surface area (Å²) >= 11 is 5.87. The van der Waals surface area contributed by atoms with Gasteiger partial charge in [0, 0.05) is 23.3 Å². The molecule has 1 aliphatic heterocycles. The van der Waals surface area contributed by atoms with E-state index in [0.29, 0.717) is 0 Å². The predicted octanol–water partition coefficient (Wildman–Crippen LogP) is 2.95. The number of aromatic nitrogens is 2. The molecule has 0 saturated heterocycles. The molecule has 18 heavy (non-hydrogen) atoms. The van der Waals surface area contributed by atoms with Crippen molar-refractivity contribution in [3.63, 3.8) is 0 Å². The van der Waals surface area contributed by atoms with Gasteiger partial charge in [-0.3, -0.25) is 0 Å². The van der Waals surface area contributed by atoms with Crippen molar-refractivity contribution in [3.05, 3.63) is 52.6 Å². The molecule has 0 amide bonds. The number of hydrogen-bond donors (Lipinski definition) is 1. The number of hydrogen-bond acceptors (Lipinski definition) is 2. The van der Waals surface area contributed by atoms with Crippen molar-refractivity contribution < 1.29 is 5.11 Å². The van der Waals surface area contributed by atoms with E-state index < -0.39 is 6.23 Å². The molecule has 0 radical (unpaired) electrons. The third-order valence-corrected chi connectivity index (χ3v) is 3.67. The van der Waals surface area contributed by atoms with Gasteiger partial charge in [-0.05, 0) is 37.0 Å². The van der Waals surface area contributed by atoms with Crippen LogP contribution in [0, 0.1) is 0 Å². The average Bonchev–Trinajstić information content (AvgIpc) is 2.77. The molecule has 1 aliphatic rings. The van der Waals surface area contributed by atoms with E-state index in [-0.39, 0.29) is 0 Å². The van der Waals surface area contributed by atoms with Crippen LogP contribution in [0.4, 0.5) is 0 Å². The molecule has 1 aromatic carbocycles. The van der Waals surface area contributed by atoms with E-state index in [4.69, 9.17) is 11.6 Å². The highest BCUT2D eigenvalue weighted by atomic mass is 35.5. The fraction of sp³-hybridized carbons (Fsp3) is 0.357. The monoisotopic (exact) mass is 262 g/mol. The molecule has 3 rings (SSSR count). The molecule has 0 aliphatic carbocycles. The molecular weight excluding hydrogens is 248 g/mol. The average molecular weight is 263 g/mol. The van der Waals surface area contributed by atoms with E-state index in [9.17, 15) is 5.11 Å². The van der Waals surface area contributed by atoms with E-state index in [1.54, 1.807) is 0 Å². The zero-order valence-corrected chi connectivity index (χ0v) is 10.8. The summed E-state index contributed by atoms with van der Waals surface area (Å²) in [5.41, 5.74) is 2.29. The van der Waals surface area contributed by atoms with Crippen LogP contribution in [-0.2, 0) is 12.8 Å². The summed E-state index contributed by atoms with van der Waals surface area (Å²) in [6.07, 6.45) is 5.05. The molecule has 1 N–H and O–H groups in total. The summed E-state index contributed by atoms with van der Waals surface area (Å²) in [6.45, 7) is 0. The van der Waals surface area contributed by atoms with E-state index in [1.165, 1.54) is 0 Å². The van der Waals surface area contributed by atoms with Crippen LogP contribution >= 0.6 is 11.6 Å². The van der Waals surface area contributed by atoms with Crippen LogP contribution in [-0.4, -0.2) is 14.7 Å². The Balaban J connectivity index is 1.89. The second kappa shape index (κ2) is 4.75. The topological polar surface area (TPSA) is 38.1 Å². The summed E-state index contributed by atoms with van der Waals surface area (Å²) < 4.78 is 1.97. The van der Waals surface area contributed by atoms with Gasteiger partial charge >= 0.3 is 0 Å². The summed E-state index contributed by atoms with van der Waals surface area (Å²) in [6, 6.07) is 7.76. The van der Waals surface area contributed by atoms with Gasteiger partial charge in [0.25, 0.3) is 0 Å². The molecule has 0 bridgehead atoms. The summed E-state index contributed by atoms with van der Waals surface area (Å²) in [7, 11) is 0. The third kappa shape index (κ3) is 2.16. The van der Waals surface area contributed by atoms with Crippen LogP contribution in [0.2, 0.25) is 5.02 Å². The van der Waals surface area contributed by atoms with Crippen molar-refractivity contribution in [1.82, 2.24) is 9.55 Å². The lowest BCUT2D eigenvalue weighted by Gasteiger charge is -2.22. The Morgan fingerprint density at radius 2 is 2.11 bits per heavy atom. The molecule has 3 nitrogen and oxygen atoms in total. The highest BCUT2D eigenvalue weighted by Crippen LogP contribution is 2.25. The Bertz CT molecular complexity index is 547. The molecule has 94 valence electrons. The number of halogens is 1. The molecule has 1 unspecified atom stereocenters. The number of aliphatic hydroxyl groups excluding tert-OH is 1. The number of benzene rings is 1. The molecule has 1 aromatic heterocycles. The molecule has 0 saturated carbocycles. The van der Waals surface area contributed by atoms with Crippen molar-refractivity contribution in [1.29, 1.82) is 0 Å². The fourth-order valence-electron chi connectivity index (χ4n) is 2.50. The van der Waals surface area contributed by atoms with Gasteiger partial charge in [-0.2, -0.15) is 0 Å². The van der Waals surface area contributed by atoms with Crippen molar-refractivity contribution in [2.45, 2.75) is 31.9 Å². The van der Waals surface area contributed by atoms with Crippen molar-refractivity contribution >= 4 is 11.6 Å². The van der Waals surface area contributed by atoms with E-state index in [0.717, 1.165) is 47.8 Å². The summed E-state index contributed by atoms with van der Waals surface area (Å²) in [5.74, 6) is 0.930. The SMILES string of the molecule is OC1CCCc2cnc(Cc3ccc(Cl)cc3)n21. The predicted molar refractivity (Wildman–Crippen MR) is 70.7 cm³/mol. The number of aryl methyl sites for hydroxylation is 1. The minimum Gasteiger partial charge on any atom is -0.373 e. The maximum Gasteiger partial charge on any atom is 0.132 e. The first kappa shape index (κ1) is 11.8. The quantitative estimate of drug-likeness (QED) is 0.904. The van der Waals surface area contributed by atoms with Crippen LogP contribution in [0.15, 0.2) is 30.5 Å². The molecule has 2 heterocycles. The Hall–Kier alpha value is -1.32. The second-order valence-electron chi connectivity index (χ2n) is 4.71. The molecule has 2 aromatic rings. The van der Waals surface area contributed by atoms with Gasteiger partial charge in [-0.1, -0.05) is 23.7 Å². The van der Waals surface area contributed by atoms with Crippen LogP contribution in [0.3, 0.4) is 0 Å². The van der Waals surface area contributed by atoms with Gasteiger partial charge in [0.2, 0.25) is 0 Å². The molecule has 0 spiro atoms. The van der Waals surface area contributed by atoms with E-state index >= 15 is 0 Å². The Labute approximate surface area is 111 Å². The van der Waals surface area contributed by atoms with Crippen LogP contribution < -0.4 is 0 Å². The fourth-order valence-corrected chi connectivity index (χ4v) is 2.62. The van der Waals surface area contributed by atoms with E-state index in [1.807, 2.05) is 35.0 Å². The standard InChI is InChI=1S/C14H15ClN2O/c15-11-6-4-10(5-7-11)8-13-16-9-12-2-1-3-14(18)17(12)13/h4-7,9,14,18H,1-3,8H2. The lowest BCUT2D eigenvalue weighted by molar-refractivity contribution is 0.0762. The van der Waals surface area contributed by atoms with Crippen LogP contribution in [0.25, 0.3) is 0 Å². The Morgan fingerprint density at radius 3 is 2.89 bits per heavy atom.